The monoisotopic (exact) mass is 349 g/mol. The second-order valence-electron chi connectivity index (χ2n) is 7.81. The van der Waals surface area contributed by atoms with Gasteiger partial charge in [0.05, 0.1) is 7.11 Å². The maximum atomic E-state index is 13.0. The molecule has 4 rings (SSSR count). The first-order valence-corrected chi connectivity index (χ1v) is 9.61. The summed E-state index contributed by atoms with van der Waals surface area (Å²) in [7, 11) is 3.90. The van der Waals surface area contributed by atoms with Crippen LogP contribution in [0.1, 0.15) is 34.3 Å². The molecule has 3 atom stereocenters. The maximum Gasteiger partial charge on any atom is 0.166 e. The van der Waals surface area contributed by atoms with Crippen LogP contribution in [-0.4, -0.2) is 37.4 Å². The fourth-order valence-corrected chi connectivity index (χ4v) is 4.71. The van der Waals surface area contributed by atoms with Crippen molar-refractivity contribution in [2.45, 2.75) is 31.7 Å². The number of likely N-dealkylation sites (tertiary alicyclic amines) is 1. The molecule has 1 fully saturated rings. The summed E-state index contributed by atoms with van der Waals surface area (Å²) in [6.45, 7) is 1.08. The predicted octanol–water partition coefficient (Wildman–Crippen LogP) is 4.00. The number of hydrogen-bond acceptors (Lipinski definition) is 3. The second kappa shape index (κ2) is 7.24. The second-order valence-corrected chi connectivity index (χ2v) is 7.81. The van der Waals surface area contributed by atoms with Gasteiger partial charge in [-0.25, -0.2) is 0 Å². The van der Waals surface area contributed by atoms with Gasteiger partial charge >= 0.3 is 0 Å². The highest BCUT2D eigenvalue weighted by atomic mass is 16.5. The molecule has 2 aromatic carbocycles. The van der Waals surface area contributed by atoms with Gasteiger partial charge in [-0.2, -0.15) is 0 Å². The minimum absolute atomic E-state index is 0.143. The molecule has 0 saturated carbocycles. The number of likely N-dealkylation sites (N-methyl/N-ethyl adjacent to an activating group) is 1. The molecule has 1 heterocycles. The number of carbonyl (C=O) groups is 1. The Morgan fingerprint density at radius 1 is 1.15 bits per heavy atom. The Labute approximate surface area is 156 Å². The number of hydrogen-bond donors (Lipinski definition) is 0. The number of benzene rings is 2. The van der Waals surface area contributed by atoms with Crippen LogP contribution >= 0.6 is 0 Å². The van der Waals surface area contributed by atoms with Gasteiger partial charge in [0.2, 0.25) is 0 Å². The van der Waals surface area contributed by atoms with Crippen LogP contribution in [0.2, 0.25) is 0 Å². The molecule has 0 N–H and O–H groups in total. The van der Waals surface area contributed by atoms with Crippen LogP contribution in [-0.2, 0) is 12.8 Å². The van der Waals surface area contributed by atoms with E-state index in [9.17, 15) is 4.79 Å². The molecule has 0 bridgehead atoms. The van der Waals surface area contributed by atoms with Gasteiger partial charge in [-0.15, -0.1) is 0 Å². The molecular weight excluding hydrogens is 322 g/mol. The van der Waals surface area contributed by atoms with E-state index in [1.165, 1.54) is 5.56 Å². The van der Waals surface area contributed by atoms with E-state index in [2.05, 4.69) is 42.3 Å². The fraction of sp³-hybridized carbons (Fsp3) is 0.435. The van der Waals surface area contributed by atoms with Gasteiger partial charge in [0.15, 0.2) is 5.78 Å². The van der Waals surface area contributed by atoms with Crippen molar-refractivity contribution in [3.8, 4) is 5.75 Å². The van der Waals surface area contributed by atoms with Crippen LogP contribution in [0.15, 0.2) is 48.5 Å². The number of ether oxygens (including phenoxy) is 1. The molecule has 0 spiro atoms. The third-order valence-electron chi connectivity index (χ3n) is 6.29. The highest BCUT2D eigenvalue weighted by molar-refractivity contribution is 6.02. The average Bonchev–Trinajstić information content (AvgIpc) is 3.00. The lowest BCUT2D eigenvalue weighted by molar-refractivity contribution is 0.0758. The lowest BCUT2D eigenvalue weighted by atomic mass is 9.78. The van der Waals surface area contributed by atoms with Gasteiger partial charge in [0, 0.05) is 17.5 Å². The number of Topliss-reactive ketones (excluding diaryl/α,β-unsaturated/α-hetero) is 1. The molecule has 0 radical (unpaired) electrons. The molecule has 1 aliphatic carbocycles. The Bertz CT molecular complexity index is 786. The number of methoxy groups -OCH3 is 1. The van der Waals surface area contributed by atoms with E-state index in [-0.39, 0.29) is 5.92 Å². The van der Waals surface area contributed by atoms with Crippen molar-refractivity contribution in [1.82, 2.24) is 4.90 Å². The van der Waals surface area contributed by atoms with Crippen molar-refractivity contribution in [3.05, 3.63) is 65.2 Å². The van der Waals surface area contributed by atoms with E-state index < -0.39 is 0 Å². The van der Waals surface area contributed by atoms with Crippen molar-refractivity contribution in [3.63, 3.8) is 0 Å². The summed E-state index contributed by atoms with van der Waals surface area (Å²) >= 11 is 0. The Kier molecular flexibility index (Phi) is 4.82. The quantitative estimate of drug-likeness (QED) is 0.835. The number of rotatable bonds is 4. The lowest BCUT2D eigenvalue weighted by Gasteiger charge is -2.39. The van der Waals surface area contributed by atoms with Gasteiger partial charge in [0.1, 0.15) is 5.75 Å². The molecule has 1 saturated heterocycles. The first-order valence-electron chi connectivity index (χ1n) is 9.61. The zero-order valence-electron chi connectivity index (χ0n) is 15.7. The molecule has 26 heavy (non-hydrogen) atoms. The van der Waals surface area contributed by atoms with Gasteiger partial charge in [-0.1, -0.05) is 30.3 Å². The maximum absolute atomic E-state index is 13.0. The zero-order valence-corrected chi connectivity index (χ0v) is 15.7. The van der Waals surface area contributed by atoms with Crippen LogP contribution in [0, 0.1) is 11.8 Å². The number of nitrogens with zero attached hydrogens (tertiary/aromatic N) is 1. The number of piperidine rings is 1. The van der Waals surface area contributed by atoms with Crippen LogP contribution in [0.25, 0.3) is 0 Å². The highest BCUT2D eigenvalue weighted by Gasteiger charge is 2.39. The lowest BCUT2D eigenvalue weighted by Crippen LogP contribution is -2.43. The molecule has 0 aromatic heterocycles. The van der Waals surface area contributed by atoms with Crippen molar-refractivity contribution >= 4 is 5.78 Å². The van der Waals surface area contributed by atoms with Crippen LogP contribution < -0.4 is 4.74 Å². The molecule has 3 heteroatoms. The number of ketones is 1. The minimum Gasteiger partial charge on any atom is -0.497 e. The number of fused-ring (bicyclic) bond motifs is 1. The topological polar surface area (TPSA) is 29.5 Å². The zero-order chi connectivity index (χ0) is 18.1. The minimum atomic E-state index is 0.143. The van der Waals surface area contributed by atoms with E-state index in [0.29, 0.717) is 17.7 Å². The van der Waals surface area contributed by atoms with Crippen molar-refractivity contribution in [1.29, 1.82) is 0 Å². The van der Waals surface area contributed by atoms with Gasteiger partial charge in [-0.05, 0) is 74.5 Å². The molecule has 1 aliphatic heterocycles. The van der Waals surface area contributed by atoms with E-state index >= 15 is 0 Å². The molecule has 2 aliphatic rings. The normalized spacial score (nSPS) is 25.9. The molecular formula is C23H27NO2. The first-order chi connectivity index (χ1) is 12.7. The number of carbonyl (C=O) groups excluding carboxylic acids is 1. The van der Waals surface area contributed by atoms with Crippen molar-refractivity contribution in [2.75, 3.05) is 20.7 Å². The standard InChI is InChI=1S/C23H27NO2/c1-24-11-10-17(13-19(24)12-16-6-4-3-5-7-16)22-15-18-14-20(26-2)8-9-21(18)23(22)25/h3-9,14,17,19,22H,10-13,15H2,1-2H3. The van der Waals surface area contributed by atoms with Gasteiger partial charge < -0.3 is 9.64 Å². The Balaban J connectivity index is 1.49. The Morgan fingerprint density at radius 3 is 2.73 bits per heavy atom. The van der Waals surface area contributed by atoms with Gasteiger partial charge in [0.25, 0.3) is 0 Å². The highest BCUT2D eigenvalue weighted by Crippen LogP contribution is 2.39. The summed E-state index contributed by atoms with van der Waals surface area (Å²) in [5, 5.41) is 0. The van der Waals surface area contributed by atoms with Crippen LogP contribution in [0.3, 0.4) is 0 Å². The largest absolute Gasteiger partial charge is 0.497 e. The molecule has 0 amide bonds. The SMILES string of the molecule is COc1ccc2c(c1)CC(C1CCN(C)C(Cc3ccccc3)C1)C2=O. The van der Waals surface area contributed by atoms with E-state index in [4.69, 9.17) is 4.74 Å². The average molecular weight is 349 g/mol. The van der Waals surface area contributed by atoms with E-state index in [1.54, 1.807) is 7.11 Å². The summed E-state index contributed by atoms with van der Waals surface area (Å²) in [6.07, 6.45) is 4.16. The van der Waals surface area contributed by atoms with E-state index in [0.717, 1.165) is 49.1 Å². The molecule has 2 aromatic rings. The summed E-state index contributed by atoms with van der Waals surface area (Å²) in [4.78, 5) is 15.5. The van der Waals surface area contributed by atoms with Crippen molar-refractivity contribution in [2.24, 2.45) is 11.8 Å². The Morgan fingerprint density at radius 2 is 1.96 bits per heavy atom. The Hall–Kier alpha value is -2.13. The predicted molar refractivity (Wildman–Crippen MR) is 104 cm³/mol. The summed E-state index contributed by atoms with van der Waals surface area (Å²) in [5.41, 5.74) is 3.46. The smallest absolute Gasteiger partial charge is 0.166 e. The third-order valence-corrected chi connectivity index (χ3v) is 6.29. The first kappa shape index (κ1) is 17.3. The summed E-state index contributed by atoms with van der Waals surface area (Å²) in [5.74, 6) is 1.81. The van der Waals surface area contributed by atoms with Crippen LogP contribution in [0.4, 0.5) is 0 Å². The molecule has 136 valence electrons. The summed E-state index contributed by atoms with van der Waals surface area (Å²) in [6, 6.07) is 17.1. The van der Waals surface area contributed by atoms with Crippen molar-refractivity contribution < 1.29 is 9.53 Å². The summed E-state index contributed by atoms with van der Waals surface area (Å²) < 4.78 is 5.33. The fourth-order valence-electron chi connectivity index (χ4n) is 4.71. The van der Waals surface area contributed by atoms with Gasteiger partial charge in [-0.3, -0.25) is 4.79 Å². The third kappa shape index (κ3) is 3.28. The molecule has 3 unspecified atom stereocenters. The van der Waals surface area contributed by atoms with E-state index in [1.807, 2.05) is 18.2 Å². The van der Waals surface area contributed by atoms with Crippen LogP contribution in [0.5, 0.6) is 5.75 Å². The molecule has 3 nitrogen and oxygen atoms in total.